The van der Waals surface area contributed by atoms with E-state index in [4.69, 9.17) is 15.6 Å². The molecule has 0 amide bonds. The molecule has 0 atom stereocenters. The molecule has 23 heavy (non-hydrogen) atoms. The van der Waals surface area contributed by atoms with Gasteiger partial charge in [-0.25, -0.2) is 4.79 Å². The summed E-state index contributed by atoms with van der Waals surface area (Å²) in [6, 6.07) is 1.74. The highest BCUT2D eigenvalue weighted by atomic mass is 16.6. The Hall–Kier alpha value is -2.83. The Morgan fingerprint density at radius 3 is 2.74 bits per heavy atom. The summed E-state index contributed by atoms with van der Waals surface area (Å²) < 4.78 is 7.00. The third-order valence-corrected chi connectivity index (χ3v) is 2.99. The minimum atomic E-state index is -1.21. The quantitative estimate of drug-likeness (QED) is 0.657. The van der Waals surface area contributed by atoms with Crippen LogP contribution in [0.2, 0.25) is 0 Å². The molecule has 0 unspecified atom stereocenters. The highest BCUT2D eigenvalue weighted by Gasteiger charge is 2.18. The Balaban J connectivity index is 2.40. The van der Waals surface area contributed by atoms with Crippen molar-refractivity contribution in [3.63, 3.8) is 0 Å². The van der Waals surface area contributed by atoms with E-state index in [1.165, 1.54) is 6.08 Å². The van der Waals surface area contributed by atoms with Gasteiger partial charge in [-0.3, -0.25) is 9.78 Å². The van der Waals surface area contributed by atoms with Crippen LogP contribution >= 0.6 is 0 Å². The molecular weight excluding hydrogens is 298 g/mol. The number of carbonyl (C=O) groups is 2. The van der Waals surface area contributed by atoms with Gasteiger partial charge in [0.2, 0.25) is 0 Å². The summed E-state index contributed by atoms with van der Waals surface area (Å²) in [5.74, 6) is -1.59. The number of rotatable bonds is 4. The molecule has 2 aromatic heterocycles. The number of hydrogen-bond acceptors (Lipinski definition) is 5. The predicted octanol–water partition coefficient (Wildman–Crippen LogP) is 1.76. The lowest BCUT2D eigenvalue weighted by Gasteiger charge is -2.19. The molecule has 0 aliphatic heterocycles. The van der Waals surface area contributed by atoms with Crippen LogP contribution in [-0.2, 0) is 20.9 Å². The third-order valence-electron chi connectivity index (χ3n) is 2.99. The third kappa shape index (κ3) is 4.09. The lowest BCUT2D eigenvalue weighted by molar-refractivity contribution is -0.155. The van der Waals surface area contributed by atoms with Gasteiger partial charge in [0.1, 0.15) is 17.8 Å². The molecule has 7 nitrogen and oxygen atoms in total. The van der Waals surface area contributed by atoms with Crippen molar-refractivity contribution in [2.75, 3.05) is 0 Å². The van der Waals surface area contributed by atoms with Crippen LogP contribution in [0.1, 0.15) is 26.3 Å². The van der Waals surface area contributed by atoms with Crippen LogP contribution in [0.5, 0.6) is 0 Å². The van der Waals surface area contributed by atoms with Crippen molar-refractivity contribution < 1.29 is 19.4 Å². The fourth-order valence-corrected chi connectivity index (χ4v) is 2.15. The van der Waals surface area contributed by atoms with E-state index in [0.717, 1.165) is 5.52 Å². The lowest BCUT2D eigenvalue weighted by atomic mass is 10.2. The van der Waals surface area contributed by atoms with Gasteiger partial charge in [0.05, 0.1) is 5.52 Å². The number of aliphatic carboxylic acids is 1. The zero-order valence-corrected chi connectivity index (χ0v) is 13.2. The van der Waals surface area contributed by atoms with Crippen LogP contribution in [-0.4, -0.2) is 32.2 Å². The number of pyridine rings is 1. The van der Waals surface area contributed by atoms with Gasteiger partial charge < -0.3 is 20.1 Å². The van der Waals surface area contributed by atoms with Gasteiger partial charge in [-0.15, -0.1) is 0 Å². The van der Waals surface area contributed by atoms with Gasteiger partial charge in [0.15, 0.2) is 0 Å². The maximum absolute atomic E-state index is 12.0. The van der Waals surface area contributed by atoms with Gasteiger partial charge in [-0.05, 0) is 32.9 Å². The average Bonchev–Trinajstić information content (AvgIpc) is 2.75. The van der Waals surface area contributed by atoms with Crippen LogP contribution in [0.25, 0.3) is 17.0 Å². The van der Waals surface area contributed by atoms with Gasteiger partial charge in [-0.1, -0.05) is 0 Å². The second-order valence-corrected chi connectivity index (χ2v) is 6.10. The van der Waals surface area contributed by atoms with E-state index in [1.807, 2.05) is 0 Å². The number of hydrogen-bond donors (Lipinski definition) is 2. The van der Waals surface area contributed by atoms with Crippen molar-refractivity contribution in [1.29, 1.82) is 0 Å². The molecule has 7 heteroatoms. The van der Waals surface area contributed by atoms with E-state index >= 15 is 0 Å². The Kier molecular flexibility index (Phi) is 4.40. The standard InChI is InChI=1S/C16H19N3O4/c1-16(2,3)23-14(20)9-19-8-10(6-12(17)15(21)22)11-7-18-5-4-13(11)19/h4-8H,9,17H2,1-3H3,(H,21,22)/b12-6+. The van der Waals surface area contributed by atoms with E-state index in [2.05, 4.69) is 4.98 Å². The van der Waals surface area contributed by atoms with E-state index in [-0.39, 0.29) is 18.2 Å². The molecule has 122 valence electrons. The van der Waals surface area contributed by atoms with Crippen LogP contribution in [0.15, 0.2) is 30.4 Å². The van der Waals surface area contributed by atoms with Gasteiger partial charge in [-0.2, -0.15) is 0 Å². The maximum Gasteiger partial charge on any atom is 0.351 e. The fourth-order valence-electron chi connectivity index (χ4n) is 2.15. The van der Waals surface area contributed by atoms with Crippen LogP contribution < -0.4 is 5.73 Å². The van der Waals surface area contributed by atoms with Crippen molar-refractivity contribution in [2.45, 2.75) is 32.9 Å². The number of nitrogens with zero attached hydrogens (tertiary/aromatic N) is 2. The highest BCUT2D eigenvalue weighted by Crippen LogP contribution is 2.22. The zero-order chi connectivity index (χ0) is 17.2. The molecule has 0 aliphatic carbocycles. The number of fused-ring (bicyclic) bond motifs is 1. The first-order valence-corrected chi connectivity index (χ1v) is 7.02. The van der Waals surface area contributed by atoms with Crippen molar-refractivity contribution in [3.8, 4) is 0 Å². The first kappa shape index (κ1) is 16.5. The minimum absolute atomic E-state index is 0.0125. The number of ether oxygens (including phenoxy) is 1. The van der Waals surface area contributed by atoms with E-state index in [1.54, 1.807) is 50.0 Å². The Bertz CT molecular complexity index is 784. The average molecular weight is 317 g/mol. The highest BCUT2D eigenvalue weighted by molar-refractivity contribution is 5.96. The second kappa shape index (κ2) is 6.12. The normalized spacial score (nSPS) is 12.4. The summed E-state index contributed by atoms with van der Waals surface area (Å²) in [7, 11) is 0. The Morgan fingerprint density at radius 1 is 1.43 bits per heavy atom. The maximum atomic E-state index is 12.0. The summed E-state index contributed by atoms with van der Waals surface area (Å²) in [4.78, 5) is 26.9. The second-order valence-electron chi connectivity index (χ2n) is 6.10. The van der Waals surface area contributed by atoms with Crippen molar-refractivity contribution in [2.24, 2.45) is 5.73 Å². The zero-order valence-electron chi connectivity index (χ0n) is 13.2. The number of esters is 1. The smallest absolute Gasteiger partial charge is 0.351 e. The molecular formula is C16H19N3O4. The molecule has 0 spiro atoms. The minimum Gasteiger partial charge on any atom is -0.477 e. The predicted molar refractivity (Wildman–Crippen MR) is 85.4 cm³/mol. The first-order valence-electron chi connectivity index (χ1n) is 7.02. The van der Waals surface area contributed by atoms with Crippen LogP contribution in [0.3, 0.4) is 0 Å². The molecule has 0 saturated carbocycles. The molecule has 2 heterocycles. The fraction of sp³-hybridized carbons (Fsp3) is 0.312. The number of nitrogens with two attached hydrogens (primary N) is 1. The molecule has 0 aromatic carbocycles. The van der Waals surface area contributed by atoms with Crippen LogP contribution in [0.4, 0.5) is 0 Å². The van der Waals surface area contributed by atoms with E-state index < -0.39 is 11.6 Å². The summed E-state index contributed by atoms with van der Waals surface area (Å²) in [5.41, 5.74) is 5.94. The van der Waals surface area contributed by atoms with Gasteiger partial charge in [0.25, 0.3) is 0 Å². The Morgan fingerprint density at radius 2 is 2.13 bits per heavy atom. The van der Waals surface area contributed by atoms with E-state index in [9.17, 15) is 9.59 Å². The van der Waals surface area contributed by atoms with Crippen molar-refractivity contribution in [1.82, 2.24) is 9.55 Å². The SMILES string of the molecule is CC(C)(C)OC(=O)Cn1cc(/C=C(/N)C(=O)O)c2cnccc21. The van der Waals surface area contributed by atoms with Gasteiger partial charge in [0, 0.05) is 29.5 Å². The summed E-state index contributed by atoms with van der Waals surface area (Å²) in [6.07, 6.45) is 6.20. The van der Waals surface area contributed by atoms with Crippen molar-refractivity contribution in [3.05, 3.63) is 35.9 Å². The molecule has 0 fully saturated rings. The molecule has 0 aliphatic rings. The molecule has 2 rings (SSSR count). The summed E-state index contributed by atoms with van der Waals surface area (Å²) in [5, 5.41) is 9.61. The summed E-state index contributed by atoms with van der Waals surface area (Å²) >= 11 is 0. The van der Waals surface area contributed by atoms with Crippen LogP contribution in [0, 0.1) is 0 Å². The number of carboxylic acids is 1. The molecule has 2 aromatic rings. The lowest BCUT2D eigenvalue weighted by Crippen LogP contribution is -2.26. The first-order chi connectivity index (χ1) is 10.7. The largest absolute Gasteiger partial charge is 0.477 e. The van der Waals surface area contributed by atoms with Gasteiger partial charge >= 0.3 is 11.9 Å². The van der Waals surface area contributed by atoms with E-state index in [0.29, 0.717) is 10.9 Å². The topological polar surface area (TPSA) is 107 Å². The number of carbonyl (C=O) groups excluding carboxylic acids is 1. The number of carboxylic acid groups (broad SMARTS) is 1. The van der Waals surface area contributed by atoms with Crippen molar-refractivity contribution >= 4 is 28.9 Å². The Labute approximate surface area is 133 Å². The molecule has 3 N–H and O–H groups in total. The monoisotopic (exact) mass is 317 g/mol. The molecule has 0 bridgehead atoms. The summed E-state index contributed by atoms with van der Waals surface area (Å²) in [6.45, 7) is 5.40. The molecule has 0 saturated heterocycles. The molecule has 0 radical (unpaired) electrons. The number of aromatic nitrogens is 2.